The Balaban J connectivity index is 2.16. The Kier molecular flexibility index (Phi) is 4.82. The van der Waals surface area contributed by atoms with E-state index in [0.717, 1.165) is 17.7 Å². The highest BCUT2D eigenvalue weighted by Crippen LogP contribution is 2.35. The molecule has 0 saturated carbocycles. The van der Waals surface area contributed by atoms with Gasteiger partial charge in [-0.3, -0.25) is 4.79 Å². The fraction of sp³-hybridized carbons (Fsp3) is 0.429. The van der Waals surface area contributed by atoms with Gasteiger partial charge in [0, 0.05) is 4.90 Å². The zero-order chi connectivity index (χ0) is 13.8. The largest absolute Gasteiger partial charge is 0.479 e. The third kappa shape index (κ3) is 3.28. The number of benzene rings is 1. The highest BCUT2D eigenvalue weighted by atomic mass is 32.2. The molecule has 0 bridgehead atoms. The van der Waals surface area contributed by atoms with Gasteiger partial charge in [0.15, 0.2) is 0 Å². The molecule has 0 N–H and O–H groups in total. The molecule has 0 aliphatic heterocycles. The van der Waals surface area contributed by atoms with Gasteiger partial charge in [-0.1, -0.05) is 12.1 Å². The zero-order valence-corrected chi connectivity index (χ0v) is 12.6. The van der Waals surface area contributed by atoms with Crippen molar-refractivity contribution in [1.29, 1.82) is 0 Å². The number of fused-ring (bicyclic) bond motifs is 1. The molecule has 102 valence electrons. The summed E-state index contributed by atoms with van der Waals surface area (Å²) in [7, 11) is 1.44. The molecule has 19 heavy (non-hydrogen) atoms. The van der Waals surface area contributed by atoms with Gasteiger partial charge in [0.25, 0.3) is 0 Å². The molecule has 0 unspecified atom stereocenters. The summed E-state index contributed by atoms with van der Waals surface area (Å²) in [5.41, 5.74) is 2.41. The minimum atomic E-state index is -0.139. The molecule has 0 fully saturated rings. The molecule has 0 spiro atoms. The first-order valence-electron chi connectivity index (χ1n) is 6.19. The molecule has 1 aliphatic carbocycles. The molecule has 1 aromatic carbocycles. The number of carbonyl (C=O) groups is 1. The Morgan fingerprint density at radius 3 is 2.95 bits per heavy atom. The molecule has 1 atom stereocenters. The van der Waals surface area contributed by atoms with E-state index in [1.165, 1.54) is 30.0 Å². The number of hydrogen-bond acceptors (Lipinski definition) is 5. The second-order valence-corrected chi connectivity index (χ2v) is 5.95. The molecule has 0 aromatic heterocycles. The predicted molar refractivity (Wildman–Crippen MR) is 79.4 cm³/mol. The summed E-state index contributed by atoms with van der Waals surface area (Å²) in [4.78, 5) is 12.7. The normalized spacial score (nSPS) is 16.8. The Labute approximate surface area is 122 Å². The van der Waals surface area contributed by atoms with E-state index >= 15 is 0 Å². The number of thioether (sulfide) groups is 1. The van der Waals surface area contributed by atoms with Crippen LogP contribution in [-0.4, -0.2) is 24.1 Å². The Hall–Kier alpha value is -1.07. The first kappa shape index (κ1) is 14.3. The van der Waals surface area contributed by atoms with E-state index in [9.17, 15) is 4.79 Å². The SMILES string of the molecule is CCOC(=S)Sc1cccc2c1C[C@@H](C(=O)OC)C2. The maximum absolute atomic E-state index is 11.6. The molecule has 1 aliphatic rings. The van der Waals surface area contributed by atoms with Gasteiger partial charge in [-0.15, -0.1) is 0 Å². The molecule has 2 rings (SSSR count). The molecular formula is C14H16O3S2. The smallest absolute Gasteiger partial charge is 0.309 e. The van der Waals surface area contributed by atoms with Crippen LogP contribution in [0.15, 0.2) is 23.1 Å². The number of methoxy groups -OCH3 is 1. The van der Waals surface area contributed by atoms with Gasteiger partial charge < -0.3 is 9.47 Å². The third-order valence-electron chi connectivity index (χ3n) is 3.14. The fourth-order valence-corrected chi connectivity index (χ4v) is 3.51. The fourth-order valence-electron chi connectivity index (χ4n) is 2.28. The average molecular weight is 296 g/mol. The summed E-state index contributed by atoms with van der Waals surface area (Å²) >= 11 is 6.61. The van der Waals surface area contributed by atoms with Crippen LogP contribution in [0.1, 0.15) is 18.1 Å². The number of rotatable bonds is 3. The summed E-state index contributed by atoms with van der Waals surface area (Å²) in [6, 6.07) is 6.08. The van der Waals surface area contributed by atoms with Crippen molar-refractivity contribution in [3.63, 3.8) is 0 Å². The van der Waals surface area contributed by atoms with E-state index in [0.29, 0.717) is 11.0 Å². The van der Waals surface area contributed by atoms with E-state index in [-0.39, 0.29) is 11.9 Å². The van der Waals surface area contributed by atoms with Gasteiger partial charge in [0.1, 0.15) is 0 Å². The summed E-state index contributed by atoms with van der Waals surface area (Å²) in [5.74, 6) is -0.207. The van der Waals surface area contributed by atoms with Gasteiger partial charge in [0.05, 0.1) is 19.6 Å². The lowest BCUT2D eigenvalue weighted by molar-refractivity contribution is -0.145. The van der Waals surface area contributed by atoms with Gasteiger partial charge >= 0.3 is 5.97 Å². The molecule has 0 amide bonds. The summed E-state index contributed by atoms with van der Waals surface area (Å²) in [5, 5.41) is 0. The van der Waals surface area contributed by atoms with Gasteiger partial charge in [-0.2, -0.15) is 0 Å². The van der Waals surface area contributed by atoms with Gasteiger partial charge in [-0.25, -0.2) is 0 Å². The van der Waals surface area contributed by atoms with Crippen molar-refractivity contribution < 1.29 is 14.3 Å². The van der Waals surface area contributed by atoms with Crippen LogP contribution >= 0.6 is 24.0 Å². The van der Waals surface area contributed by atoms with Crippen molar-refractivity contribution in [2.45, 2.75) is 24.7 Å². The van der Waals surface area contributed by atoms with E-state index in [2.05, 4.69) is 6.07 Å². The molecule has 0 heterocycles. The maximum atomic E-state index is 11.6. The highest BCUT2D eigenvalue weighted by molar-refractivity contribution is 8.22. The molecular weight excluding hydrogens is 280 g/mol. The number of carbonyl (C=O) groups excluding carboxylic acids is 1. The zero-order valence-electron chi connectivity index (χ0n) is 11.0. The summed E-state index contributed by atoms with van der Waals surface area (Å²) in [6.07, 6.45) is 1.47. The second kappa shape index (κ2) is 6.39. The van der Waals surface area contributed by atoms with E-state index in [4.69, 9.17) is 21.7 Å². The number of esters is 1. The van der Waals surface area contributed by atoms with Gasteiger partial charge in [0.2, 0.25) is 4.38 Å². The van der Waals surface area contributed by atoms with Crippen LogP contribution in [0.2, 0.25) is 0 Å². The molecule has 1 aromatic rings. The van der Waals surface area contributed by atoms with Crippen molar-refractivity contribution >= 4 is 34.3 Å². The van der Waals surface area contributed by atoms with Crippen LogP contribution in [0.3, 0.4) is 0 Å². The van der Waals surface area contributed by atoms with Crippen molar-refractivity contribution in [3.8, 4) is 0 Å². The Morgan fingerprint density at radius 1 is 1.47 bits per heavy atom. The topological polar surface area (TPSA) is 35.5 Å². The highest BCUT2D eigenvalue weighted by Gasteiger charge is 2.30. The predicted octanol–water partition coefficient (Wildman–Crippen LogP) is 2.99. The third-order valence-corrected chi connectivity index (χ3v) is 4.39. The van der Waals surface area contributed by atoms with Crippen LogP contribution in [0.25, 0.3) is 0 Å². The van der Waals surface area contributed by atoms with Crippen molar-refractivity contribution in [2.24, 2.45) is 5.92 Å². The van der Waals surface area contributed by atoms with Crippen molar-refractivity contribution in [1.82, 2.24) is 0 Å². The Bertz CT molecular complexity index is 499. The lowest BCUT2D eigenvalue weighted by Crippen LogP contribution is -2.16. The minimum absolute atomic E-state index is 0.0672. The van der Waals surface area contributed by atoms with Crippen LogP contribution in [0, 0.1) is 5.92 Å². The standard InChI is InChI=1S/C14H16O3S2/c1-3-17-14(18)19-12-6-4-5-9-7-10(8-11(9)12)13(15)16-2/h4-6,10H,3,7-8H2,1-2H3/t10-/m0/s1. The monoisotopic (exact) mass is 296 g/mol. The molecule has 5 heteroatoms. The van der Waals surface area contributed by atoms with Crippen LogP contribution < -0.4 is 0 Å². The van der Waals surface area contributed by atoms with E-state index < -0.39 is 0 Å². The minimum Gasteiger partial charge on any atom is -0.479 e. The molecule has 0 radical (unpaired) electrons. The van der Waals surface area contributed by atoms with Crippen LogP contribution in [0.4, 0.5) is 0 Å². The summed E-state index contributed by atoms with van der Waals surface area (Å²) < 4.78 is 10.7. The first-order valence-corrected chi connectivity index (χ1v) is 7.41. The second-order valence-electron chi connectivity index (χ2n) is 4.31. The van der Waals surface area contributed by atoms with Crippen molar-refractivity contribution in [2.75, 3.05) is 13.7 Å². The molecule has 3 nitrogen and oxygen atoms in total. The van der Waals surface area contributed by atoms with Crippen molar-refractivity contribution in [3.05, 3.63) is 29.3 Å². The lowest BCUT2D eigenvalue weighted by atomic mass is 10.1. The lowest BCUT2D eigenvalue weighted by Gasteiger charge is -2.09. The van der Waals surface area contributed by atoms with Crippen LogP contribution in [-0.2, 0) is 27.1 Å². The number of thiocarbonyl (C=S) groups is 1. The quantitative estimate of drug-likeness (QED) is 0.487. The maximum Gasteiger partial charge on any atom is 0.309 e. The average Bonchev–Trinajstić information content (AvgIpc) is 2.83. The van der Waals surface area contributed by atoms with E-state index in [1.807, 2.05) is 19.1 Å². The first-order chi connectivity index (χ1) is 9.15. The number of ether oxygens (including phenoxy) is 2. The van der Waals surface area contributed by atoms with Gasteiger partial charge in [-0.05, 0) is 60.9 Å². The Morgan fingerprint density at radius 2 is 2.26 bits per heavy atom. The van der Waals surface area contributed by atoms with E-state index in [1.54, 1.807) is 0 Å². The number of hydrogen-bond donors (Lipinski definition) is 0. The van der Waals surface area contributed by atoms with Crippen LogP contribution in [0.5, 0.6) is 0 Å². The summed E-state index contributed by atoms with van der Waals surface area (Å²) in [6.45, 7) is 2.49. The molecule has 0 saturated heterocycles.